The highest BCUT2D eigenvalue weighted by Crippen LogP contribution is 2.42. The second-order valence-corrected chi connectivity index (χ2v) is 18.5. The normalized spacial score (nSPS) is 15.3. The molecule has 1 fully saturated rings. The summed E-state index contributed by atoms with van der Waals surface area (Å²) in [6, 6.07) is 73.0. The molecule has 322 valence electrons. The Balaban J connectivity index is 1.25. The molecule has 0 saturated carbocycles. The average Bonchev–Trinajstić information content (AvgIpc) is 3.37. The maximum absolute atomic E-state index is 7.63. The lowest BCUT2D eigenvalue weighted by molar-refractivity contribution is -0.202. The second kappa shape index (κ2) is 23.6. The smallest absolute Gasteiger partial charge is 0.143 e. The van der Waals surface area contributed by atoms with Crippen LogP contribution in [0.4, 0.5) is 0 Å². The quantitative estimate of drug-likeness (QED) is 0.0629. The van der Waals surface area contributed by atoms with E-state index in [1.54, 1.807) is 0 Å². The average molecular weight is 873 g/mol. The van der Waals surface area contributed by atoms with Crippen molar-refractivity contribution in [2.45, 2.75) is 67.4 Å². The summed E-state index contributed by atoms with van der Waals surface area (Å²) in [5, 5.41) is 0. The molecule has 1 heterocycles. The summed E-state index contributed by atoms with van der Waals surface area (Å²) in [7, 11) is 0. The number of hydrogen-bond donors (Lipinski definition) is 0. The summed E-state index contributed by atoms with van der Waals surface area (Å²) in [6.07, 6.45) is -1.04. The first-order chi connectivity index (χ1) is 31.3. The Morgan fingerprint density at radius 2 is 0.730 bits per heavy atom. The molecule has 0 aromatic heterocycles. The Kier molecular flexibility index (Phi) is 16.8. The van der Waals surface area contributed by atoms with Gasteiger partial charge in [0, 0.05) is 0 Å². The van der Waals surface area contributed by atoms with Crippen molar-refractivity contribution in [1.82, 2.24) is 0 Å². The minimum absolute atomic E-state index is 0.0961. The Bertz CT molecular complexity index is 2200. The van der Waals surface area contributed by atoms with Crippen LogP contribution in [0, 0.1) is 0 Å². The molecule has 0 spiro atoms. The van der Waals surface area contributed by atoms with Crippen molar-refractivity contribution in [3.05, 3.63) is 251 Å². The summed E-state index contributed by atoms with van der Waals surface area (Å²) >= 11 is 3.90. The van der Waals surface area contributed by atoms with Crippen LogP contribution in [0.5, 0.6) is 0 Å². The van der Waals surface area contributed by atoms with Gasteiger partial charge >= 0.3 is 0 Å². The summed E-state index contributed by atoms with van der Waals surface area (Å²) in [5.74, 6) is 2.10. The molecule has 0 amide bonds. The predicted octanol–water partition coefficient (Wildman–Crippen LogP) is 12.5. The first-order valence-electron chi connectivity index (χ1n) is 21.9. The highest BCUT2D eigenvalue weighted by molar-refractivity contribution is 8.17. The number of ether oxygens (including phenoxy) is 5. The van der Waals surface area contributed by atoms with Crippen molar-refractivity contribution in [1.29, 1.82) is 0 Å². The van der Waals surface area contributed by atoms with Crippen LogP contribution in [0.3, 0.4) is 0 Å². The molecule has 0 bridgehead atoms. The van der Waals surface area contributed by atoms with E-state index in [0.29, 0.717) is 26.4 Å². The fourth-order valence-electron chi connectivity index (χ4n) is 8.11. The Morgan fingerprint density at radius 1 is 0.397 bits per heavy atom. The molecular formula is C56H56O5S2. The third-order valence-corrected chi connectivity index (χ3v) is 14.4. The topological polar surface area (TPSA) is 46.2 Å². The maximum atomic E-state index is 7.63. The van der Waals surface area contributed by atoms with Gasteiger partial charge in [-0.2, -0.15) is 0 Å². The molecular weight excluding hydrogens is 817 g/mol. The van der Waals surface area contributed by atoms with E-state index in [1.807, 2.05) is 47.8 Å². The van der Waals surface area contributed by atoms with Crippen molar-refractivity contribution in [3.8, 4) is 0 Å². The lowest BCUT2D eigenvalue weighted by atomic mass is 9.80. The number of hydrogen-bond acceptors (Lipinski definition) is 7. The van der Waals surface area contributed by atoms with Gasteiger partial charge in [-0.1, -0.05) is 212 Å². The largest absolute Gasteiger partial charge is 0.369 e. The first kappa shape index (κ1) is 44.6. The van der Waals surface area contributed by atoms with E-state index < -0.39 is 23.9 Å². The van der Waals surface area contributed by atoms with Gasteiger partial charge in [0.15, 0.2) is 0 Å². The zero-order valence-corrected chi connectivity index (χ0v) is 37.2. The highest BCUT2D eigenvalue weighted by atomic mass is 32.2. The molecule has 7 aromatic carbocycles. The van der Waals surface area contributed by atoms with Crippen LogP contribution in [0.2, 0.25) is 0 Å². The van der Waals surface area contributed by atoms with E-state index in [1.165, 1.54) is 0 Å². The molecule has 1 aliphatic rings. The van der Waals surface area contributed by atoms with Gasteiger partial charge in [-0.25, -0.2) is 0 Å². The van der Waals surface area contributed by atoms with Gasteiger partial charge in [0.2, 0.25) is 0 Å². The first-order valence-corrected chi connectivity index (χ1v) is 24.0. The molecule has 1 saturated heterocycles. The van der Waals surface area contributed by atoms with Gasteiger partial charge in [0.1, 0.15) is 30.0 Å². The molecule has 1 aliphatic heterocycles. The summed E-state index contributed by atoms with van der Waals surface area (Å²) < 4.78 is 36.7. The zero-order valence-electron chi connectivity index (χ0n) is 35.6. The third kappa shape index (κ3) is 12.2. The Morgan fingerprint density at radius 3 is 1.13 bits per heavy atom. The van der Waals surface area contributed by atoms with Crippen molar-refractivity contribution >= 4 is 23.5 Å². The van der Waals surface area contributed by atoms with Crippen LogP contribution in [0.25, 0.3) is 0 Å². The van der Waals surface area contributed by atoms with E-state index in [0.717, 1.165) is 56.9 Å². The Labute approximate surface area is 382 Å². The van der Waals surface area contributed by atoms with Crippen LogP contribution < -0.4 is 0 Å². The van der Waals surface area contributed by atoms with Gasteiger partial charge in [0.05, 0.1) is 37.6 Å². The van der Waals surface area contributed by atoms with E-state index in [4.69, 9.17) is 23.7 Å². The molecule has 0 unspecified atom stereocenters. The zero-order chi connectivity index (χ0) is 42.8. The maximum Gasteiger partial charge on any atom is 0.143 e. The van der Waals surface area contributed by atoms with E-state index in [2.05, 4.69) is 188 Å². The number of thioether (sulfide) groups is 2. The summed E-state index contributed by atoms with van der Waals surface area (Å²) in [5.41, 5.74) is 6.36. The standard InChI is InChI=1S/C56H56O5S2/c1-8-23-44(24-9-1)39-57-51(43-61-56(48-31-16-5-17-32-48,49-33-18-6-19-34-49)50-35-20-7-21-36-50)52(58-40-45-25-10-2-11-26-45)53(59-41-46-27-12-3-13-28-46)54(55-62-37-22-38-63-55)60-42-47-29-14-4-15-30-47/h1-21,23-36,51-55H,22,37-43H2/t51-,52+,53-,54-/m1/s1. The molecule has 0 radical (unpaired) electrons. The monoisotopic (exact) mass is 872 g/mol. The van der Waals surface area contributed by atoms with Crippen molar-refractivity contribution in [3.63, 3.8) is 0 Å². The van der Waals surface area contributed by atoms with Crippen molar-refractivity contribution < 1.29 is 23.7 Å². The molecule has 0 N–H and O–H groups in total. The molecule has 7 aromatic rings. The van der Waals surface area contributed by atoms with Crippen LogP contribution in [-0.2, 0) is 55.7 Å². The minimum atomic E-state index is -0.985. The van der Waals surface area contributed by atoms with Gasteiger partial charge in [-0.3, -0.25) is 0 Å². The third-order valence-electron chi connectivity index (χ3n) is 11.3. The van der Waals surface area contributed by atoms with Crippen molar-refractivity contribution in [2.24, 2.45) is 0 Å². The molecule has 7 heteroatoms. The van der Waals surface area contributed by atoms with Crippen LogP contribution in [-0.4, -0.2) is 47.1 Å². The minimum Gasteiger partial charge on any atom is -0.369 e. The van der Waals surface area contributed by atoms with E-state index >= 15 is 0 Å². The van der Waals surface area contributed by atoms with Gasteiger partial charge in [0.25, 0.3) is 0 Å². The van der Waals surface area contributed by atoms with Gasteiger partial charge < -0.3 is 23.7 Å². The second-order valence-electron chi connectivity index (χ2n) is 15.7. The molecule has 8 rings (SSSR count). The van der Waals surface area contributed by atoms with Gasteiger partial charge in [-0.15, -0.1) is 23.5 Å². The molecule has 4 atom stereocenters. The number of benzene rings is 7. The fourth-order valence-corrected chi connectivity index (χ4v) is 11.2. The van der Waals surface area contributed by atoms with Crippen LogP contribution in [0.1, 0.15) is 45.4 Å². The number of rotatable bonds is 22. The summed E-state index contributed by atoms with van der Waals surface area (Å²) in [6.45, 7) is 1.68. The lowest BCUT2D eigenvalue weighted by Gasteiger charge is -2.42. The van der Waals surface area contributed by atoms with Crippen LogP contribution in [0.15, 0.2) is 212 Å². The lowest BCUT2D eigenvalue weighted by Crippen LogP contribution is -2.54. The van der Waals surface area contributed by atoms with Crippen LogP contribution >= 0.6 is 23.5 Å². The fraction of sp³-hybridized carbons (Fsp3) is 0.250. The van der Waals surface area contributed by atoms with Crippen molar-refractivity contribution in [2.75, 3.05) is 18.1 Å². The highest BCUT2D eigenvalue weighted by Gasteiger charge is 2.45. The Hall–Kier alpha value is -4.96. The summed E-state index contributed by atoms with van der Waals surface area (Å²) in [4.78, 5) is 0. The predicted molar refractivity (Wildman–Crippen MR) is 259 cm³/mol. The molecule has 5 nitrogen and oxygen atoms in total. The molecule has 0 aliphatic carbocycles. The van der Waals surface area contributed by atoms with E-state index in [-0.39, 0.29) is 17.3 Å². The molecule has 63 heavy (non-hydrogen) atoms. The van der Waals surface area contributed by atoms with Gasteiger partial charge in [-0.05, 0) is 56.9 Å². The van der Waals surface area contributed by atoms with E-state index in [9.17, 15) is 0 Å². The SMILES string of the molecule is c1ccc(CO[C@H]([C@@H](OCc2ccccc2)[C@@H](OCc2ccccc2)C2SCCCS2)[C@@H](COC(c2ccccc2)(c2ccccc2)c2ccccc2)OCc2ccccc2)cc1.